The third kappa shape index (κ3) is 10.2. The summed E-state index contributed by atoms with van der Waals surface area (Å²) in [4.78, 5) is 53.6. The van der Waals surface area contributed by atoms with Crippen molar-refractivity contribution in [1.29, 1.82) is 10.5 Å². The van der Waals surface area contributed by atoms with E-state index < -0.39 is 40.1 Å². The molecular formula is C47H47F4N11O3. The number of carbonyl (C=O) groups is 2. The van der Waals surface area contributed by atoms with Crippen molar-refractivity contribution in [2.75, 3.05) is 0 Å². The summed E-state index contributed by atoms with van der Waals surface area (Å²) in [5.74, 6) is -1.19. The van der Waals surface area contributed by atoms with E-state index in [1.54, 1.807) is 18.5 Å². The molecule has 336 valence electrons. The van der Waals surface area contributed by atoms with E-state index in [-0.39, 0.29) is 23.7 Å². The topological polar surface area (TPSA) is 237 Å². The number of hydrogen-bond acceptors (Lipinski definition) is 11. The van der Waals surface area contributed by atoms with Crippen LogP contribution >= 0.6 is 0 Å². The van der Waals surface area contributed by atoms with E-state index in [1.165, 1.54) is 18.3 Å². The molecule has 0 bridgehead atoms. The number of H-pyrrole nitrogens is 2. The molecule has 6 aromatic heterocycles. The molecule has 0 radical (unpaired) electrons. The lowest BCUT2D eigenvalue weighted by Gasteiger charge is -2.29. The molecule has 6 heterocycles. The fourth-order valence-corrected chi connectivity index (χ4v) is 9.05. The van der Waals surface area contributed by atoms with Gasteiger partial charge in [0.05, 0.1) is 48.3 Å². The van der Waals surface area contributed by atoms with Crippen LogP contribution in [0, 0.1) is 74.5 Å². The number of nitrogens with one attached hydrogen (secondary N) is 2. The van der Waals surface area contributed by atoms with Crippen LogP contribution in [-0.4, -0.2) is 62.8 Å². The standard InChI is InChI=1S/C24H23F2N5O.C18H19F2N5.C5H5NO2/c25-16-9-17-18(11-29-22(17)28-10-16)23-30-12-19(26)20(31-23)7-14-2-1-3-15(6-14)8-21(32)24(13-27)4-5-24;19-11-6-13-14(8-23-17(13)22-7-11)18-24-9-15(20)16(25-18)5-10-2-1-3-12(21)4-10;6-3-5(1-2-5)4(7)8/h9-12,14-15H,1-8H2,(H,28,29);6-10,12H,1-5,21H2,(H,22,23);1-2H2,(H,7,8)/t14-,15+;10-,12+;/m00./s1. The predicted molar refractivity (Wildman–Crippen MR) is 229 cm³/mol. The lowest BCUT2D eigenvalue weighted by atomic mass is 9.76. The van der Waals surface area contributed by atoms with Crippen LogP contribution in [0.15, 0.2) is 49.3 Å². The Morgan fingerprint density at radius 3 is 1.62 bits per heavy atom. The van der Waals surface area contributed by atoms with Gasteiger partial charge >= 0.3 is 5.97 Å². The molecule has 10 rings (SSSR count). The average molecular weight is 890 g/mol. The predicted octanol–water partition coefficient (Wildman–Crippen LogP) is 8.64. The fourth-order valence-electron chi connectivity index (χ4n) is 9.05. The van der Waals surface area contributed by atoms with Crippen LogP contribution in [0.4, 0.5) is 17.6 Å². The van der Waals surface area contributed by atoms with Gasteiger partial charge in [0, 0.05) is 46.8 Å². The first-order chi connectivity index (χ1) is 31.3. The van der Waals surface area contributed by atoms with Crippen LogP contribution in [-0.2, 0) is 22.4 Å². The van der Waals surface area contributed by atoms with Crippen molar-refractivity contribution in [1.82, 2.24) is 39.9 Å². The van der Waals surface area contributed by atoms with Crippen LogP contribution in [0.25, 0.3) is 44.8 Å². The quantitative estimate of drug-likeness (QED) is 0.0946. The minimum atomic E-state index is -0.986. The molecule has 65 heavy (non-hydrogen) atoms. The number of aromatic amines is 2. The normalized spacial score (nSPS) is 21.5. The molecule has 6 aromatic rings. The summed E-state index contributed by atoms with van der Waals surface area (Å²) in [5.41, 5.74) is 7.29. The van der Waals surface area contributed by atoms with Crippen molar-refractivity contribution in [2.45, 2.75) is 102 Å². The molecule has 0 unspecified atom stereocenters. The second-order valence-corrected chi connectivity index (χ2v) is 17.9. The van der Waals surface area contributed by atoms with Gasteiger partial charge in [-0.1, -0.05) is 25.7 Å². The summed E-state index contributed by atoms with van der Waals surface area (Å²) < 4.78 is 56.0. The van der Waals surface area contributed by atoms with Crippen LogP contribution in [0.2, 0.25) is 0 Å². The number of hydrogen-bond donors (Lipinski definition) is 4. The zero-order chi connectivity index (χ0) is 45.9. The molecule has 0 aromatic carbocycles. The maximum atomic E-state index is 14.6. The molecule has 5 N–H and O–H groups in total. The third-order valence-electron chi connectivity index (χ3n) is 13.1. The van der Waals surface area contributed by atoms with Crippen LogP contribution in [0.3, 0.4) is 0 Å². The van der Waals surface area contributed by atoms with Crippen molar-refractivity contribution in [2.24, 2.45) is 34.3 Å². The van der Waals surface area contributed by atoms with Crippen LogP contribution in [0.5, 0.6) is 0 Å². The smallest absolute Gasteiger partial charge is 0.324 e. The lowest BCUT2D eigenvalue weighted by molar-refractivity contribution is -0.141. The molecule has 0 saturated heterocycles. The Morgan fingerprint density at radius 1 is 0.692 bits per heavy atom. The number of rotatable bonds is 10. The number of aliphatic carboxylic acids is 1. The van der Waals surface area contributed by atoms with Crippen molar-refractivity contribution in [3.8, 4) is 34.9 Å². The summed E-state index contributed by atoms with van der Waals surface area (Å²) in [7, 11) is 0. The molecule has 4 saturated carbocycles. The number of nitrogens with zero attached hydrogens (tertiary/aromatic N) is 8. The van der Waals surface area contributed by atoms with Gasteiger partial charge in [0.2, 0.25) is 0 Å². The molecular weight excluding hydrogens is 843 g/mol. The van der Waals surface area contributed by atoms with Gasteiger partial charge in [0.1, 0.15) is 28.3 Å². The number of fused-ring (bicyclic) bond motifs is 2. The zero-order valence-corrected chi connectivity index (χ0v) is 35.5. The molecule has 4 atom stereocenters. The van der Waals surface area contributed by atoms with E-state index in [9.17, 15) is 32.4 Å². The summed E-state index contributed by atoms with van der Waals surface area (Å²) in [6.45, 7) is 0. The van der Waals surface area contributed by atoms with Gasteiger partial charge in [-0.3, -0.25) is 9.59 Å². The Kier molecular flexibility index (Phi) is 13.0. The number of ketones is 1. The number of carboxylic acid groups (broad SMARTS) is 1. The highest BCUT2D eigenvalue weighted by molar-refractivity contribution is 5.92. The van der Waals surface area contributed by atoms with Crippen LogP contribution < -0.4 is 5.73 Å². The maximum absolute atomic E-state index is 14.6. The van der Waals surface area contributed by atoms with Gasteiger partial charge in [-0.15, -0.1) is 0 Å². The number of nitriles is 2. The van der Waals surface area contributed by atoms with Crippen molar-refractivity contribution in [3.05, 3.63) is 84.0 Å². The van der Waals surface area contributed by atoms with E-state index in [1.807, 2.05) is 0 Å². The lowest BCUT2D eigenvalue weighted by Crippen LogP contribution is -2.29. The van der Waals surface area contributed by atoms with Gasteiger partial charge in [-0.05, 0) is 94.1 Å². The van der Waals surface area contributed by atoms with E-state index in [2.05, 4.69) is 45.9 Å². The molecule has 4 aliphatic carbocycles. The van der Waals surface area contributed by atoms with E-state index >= 15 is 0 Å². The minimum Gasteiger partial charge on any atom is -0.480 e. The first kappa shape index (κ1) is 44.9. The number of nitrogens with two attached hydrogens (primary N) is 1. The van der Waals surface area contributed by atoms with E-state index in [0.29, 0.717) is 107 Å². The van der Waals surface area contributed by atoms with Gasteiger partial charge in [-0.25, -0.2) is 47.5 Å². The highest BCUT2D eigenvalue weighted by Crippen LogP contribution is 2.48. The second-order valence-electron chi connectivity index (χ2n) is 17.9. The Labute approximate surface area is 371 Å². The van der Waals surface area contributed by atoms with Gasteiger partial charge in [-0.2, -0.15) is 10.5 Å². The Bertz CT molecular complexity index is 2830. The Hall–Kier alpha value is -6.66. The number of aromatic nitrogens is 8. The summed E-state index contributed by atoms with van der Waals surface area (Å²) >= 11 is 0. The molecule has 14 nitrogen and oxygen atoms in total. The second kappa shape index (κ2) is 18.8. The molecule has 0 spiro atoms. The number of pyridine rings is 2. The average Bonchev–Trinajstić information content (AvgIpc) is 4.20. The SMILES string of the molecule is N#CC1(C(=O)C[C@@H]2CCC[C@H](Cc3nc(-c4c[nH]c5ncc(F)cc45)ncc3F)C2)CC1.N#CC1(C(=O)O)CC1.N[C@@H]1CCC[C@H](Cc2nc(-c3c[nH]c4ncc(F)cc34)ncc2F)C1. The monoisotopic (exact) mass is 889 g/mol. The molecule has 0 aliphatic heterocycles. The number of Topliss-reactive ketones (excluding diaryl/α,β-unsaturated/α-hetero) is 1. The van der Waals surface area contributed by atoms with E-state index in [4.69, 9.17) is 16.1 Å². The van der Waals surface area contributed by atoms with Gasteiger partial charge < -0.3 is 20.8 Å². The number of carbonyl (C=O) groups excluding carboxylic acids is 1. The molecule has 18 heteroatoms. The van der Waals surface area contributed by atoms with Gasteiger partial charge in [0.25, 0.3) is 0 Å². The number of halogens is 4. The van der Waals surface area contributed by atoms with E-state index in [0.717, 1.165) is 70.0 Å². The summed E-state index contributed by atoms with van der Waals surface area (Å²) in [6.07, 6.45) is 19.6. The van der Waals surface area contributed by atoms with Crippen molar-refractivity contribution >= 4 is 33.8 Å². The number of carboxylic acids is 1. The first-order valence-electron chi connectivity index (χ1n) is 21.9. The highest BCUT2D eigenvalue weighted by atomic mass is 19.1. The van der Waals surface area contributed by atoms with Gasteiger partial charge in [0.15, 0.2) is 34.5 Å². The molecule has 0 amide bonds. The minimum absolute atomic E-state index is 0.0707. The molecule has 4 aliphatic rings. The first-order valence-corrected chi connectivity index (χ1v) is 21.9. The van der Waals surface area contributed by atoms with Crippen molar-refractivity contribution in [3.63, 3.8) is 0 Å². The Balaban J connectivity index is 0.000000155. The largest absolute Gasteiger partial charge is 0.480 e. The summed E-state index contributed by atoms with van der Waals surface area (Å²) in [5, 5.41) is 26.9. The summed E-state index contributed by atoms with van der Waals surface area (Å²) in [6, 6.07) is 6.86. The molecule has 4 fully saturated rings. The van der Waals surface area contributed by atoms with Crippen molar-refractivity contribution < 1.29 is 32.3 Å². The third-order valence-corrected chi connectivity index (χ3v) is 13.1. The van der Waals surface area contributed by atoms with Crippen LogP contribution in [0.1, 0.15) is 94.9 Å². The maximum Gasteiger partial charge on any atom is 0.324 e. The fraction of sp³-hybridized carbons (Fsp3) is 0.447. The Morgan fingerprint density at radius 2 is 1.17 bits per heavy atom. The highest BCUT2D eigenvalue weighted by Gasteiger charge is 2.51. The zero-order valence-electron chi connectivity index (χ0n) is 35.5.